The third-order valence-corrected chi connectivity index (χ3v) is 3.19. The van der Waals surface area contributed by atoms with Crippen LogP contribution >= 0.6 is 45.8 Å². The number of hydrogen-bond acceptors (Lipinski definition) is 2. The fraction of sp³-hybridized carbons (Fsp3) is 0.143. The van der Waals surface area contributed by atoms with Crippen molar-refractivity contribution in [3.63, 3.8) is 0 Å². The van der Waals surface area contributed by atoms with Gasteiger partial charge in [-0.1, -0.05) is 23.2 Å². The van der Waals surface area contributed by atoms with Gasteiger partial charge in [-0.3, -0.25) is 0 Å². The van der Waals surface area contributed by atoms with Crippen molar-refractivity contribution in [3.8, 4) is 0 Å². The molecule has 1 aromatic rings. The van der Waals surface area contributed by atoms with E-state index in [9.17, 15) is 0 Å². The summed E-state index contributed by atoms with van der Waals surface area (Å²) in [6.07, 6.45) is 0. The number of hydrogen-bond donors (Lipinski definition) is 2. The Morgan fingerprint density at radius 1 is 1.50 bits per heavy atom. The number of aliphatic hydroxyl groups excluding tert-OH is 1. The normalized spacial score (nSPS) is 10.3. The van der Waals surface area contributed by atoms with Crippen molar-refractivity contribution in [2.75, 3.05) is 5.73 Å². The smallest absolute Gasteiger partial charge is 0.0717 e. The largest absolute Gasteiger partial charge is 0.398 e. The molecule has 2 nitrogen and oxygen atoms in total. The maximum atomic E-state index is 8.92. The molecule has 0 fully saturated rings. The van der Waals surface area contributed by atoms with Crippen molar-refractivity contribution in [3.05, 3.63) is 25.2 Å². The molecule has 0 aromatic heterocycles. The van der Waals surface area contributed by atoms with Crippen molar-refractivity contribution < 1.29 is 5.11 Å². The molecule has 3 N–H and O–H groups in total. The standard InChI is InChI=1S/C7H6Cl2INO/c8-4-1-5(10)7(11)3(2-12)6(4)9/h1,12H,2,11H2. The van der Waals surface area contributed by atoms with E-state index in [1.54, 1.807) is 6.07 Å². The molecule has 0 aliphatic carbocycles. The van der Waals surface area contributed by atoms with E-state index in [0.29, 0.717) is 21.3 Å². The molecule has 0 aliphatic rings. The number of nitrogen functional groups attached to an aromatic ring is 1. The van der Waals surface area contributed by atoms with Gasteiger partial charge in [-0.2, -0.15) is 0 Å². The van der Waals surface area contributed by atoms with Crippen molar-refractivity contribution in [1.82, 2.24) is 0 Å². The zero-order chi connectivity index (χ0) is 9.30. The first-order chi connectivity index (χ1) is 5.57. The van der Waals surface area contributed by atoms with Gasteiger partial charge in [0.05, 0.1) is 22.3 Å². The molecule has 0 aliphatic heterocycles. The Bertz CT molecular complexity index is 291. The lowest BCUT2D eigenvalue weighted by Gasteiger charge is -2.08. The maximum absolute atomic E-state index is 8.92. The number of rotatable bonds is 1. The van der Waals surface area contributed by atoms with Gasteiger partial charge in [0.15, 0.2) is 0 Å². The lowest BCUT2D eigenvalue weighted by atomic mass is 10.2. The van der Waals surface area contributed by atoms with Gasteiger partial charge in [0, 0.05) is 9.13 Å². The molecule has 1 rings (SSSR count). The predicted octanol–water partition coefficient (Wildman–Crippen LogP) is 2.67. The second kappa shape index (κ2) is 4.00. The van der Waals surface area contributed by atoms with Gasteiger partial charge < -0.3 is 10.8 Å². The van der Waals surface area contributed by atoms with Crippen LogP contribution in [-0.2, 0) is 6.61 Å². The summed E-state index contributed by atoms with van der Waals surface area (Å²) in [4.78, 5) is 0. The van der Waals surface area contributed by atoms with Crippen LogP contribution in [0, 0.1) is 3.57 Å². The topological polar surface area (TPSA) is 46.2 Å². The van der Waals surface area contributed by atoms with Crippen molar-refractivity contribution in [2.45, 2.75) is 6.61 Å². The number of nitrogens with two attached hydrogens (primary N) is 1. The van der Waals surface area contributed by atoms with E-state index >= 15 is 0 Å². The summed E-state index contributed by atoms with van der Waals surface area (Å²) < 4.78 is 0.797. The second-order valence-electron chi connectivity index (χ2n) is 2.20. The fourth-order valence-corrected chi connectivity index (χ4v) is 2.07. The van der Waals surface area contributed by atoms with Crippen LogP contribution in [0.25, 0.3) is 0 Å². The zero-order valence-electron chi connectivity index (χ0n) is 5.94. The Balaban J connectivity index is 3.42. The highest BCUT2D eigenvalue weighted by Gasteiger charge is 2.11. The minimum atomic E-state index is -0.193. The molecule has 0 atom stereocenters. The monoisotopic (exact) mass is 317 g/mol. The van der Waals surface area contributed by atoms with Gasteiger partial charge in [0.25, 0.3) is 0 Å². The first-order valence-corrected chi connectivity index (χ1v) is 4.94. The predicted molar refractivity (Wildman–Crippen MR) is 59.5 cm³/mol. The van der Waals surface area contributed by atoms with Crippen LogP contribution in [0.4, 0.5) is 5.69 Å². The highest BCUT2D eigenvalue weighted by atomic mass is 127. The van der Waals surface area contributed by atoms with Gasteiger partial charge in [0.2, 0.25) is 0 Å². The minimum Gasteiger partial charge on any atom is -0.398 e. The first-order valence-electron chi connectivity index (χ1n) is 3.10. The molecule has 0 saturated carbocycles. The molecule has 5 heteroatoms. The molecule has 0 amide bonds. The van der Waals surface area contributed by atoms with Crippen LogP contribution in [0.1, 0.15) is 5.56 Å². The quantitative estimate of drug-likeness (QED) is 0.475. The van der Waals surface area contributed by atoms with Crippen LogP contribution in [0.5, 0.6) is 0 Å². The lowest BCUT2D eigenvalue weighted by molar-refractivity contribution is 0.282. The Labute approximate surface area is 93.8 Å². The van der Waals surface area contributed by atoms with Crippen LogP contribution in [-0.4, -0.2) is 5.11 Å². The molecule has 0 radical (unpaired) electrons. The Kier molecular flexibility index (Phi) is 3.46. The maximum Gasteiger partial charge on any atom is 0.0717 e. The molecule has 0 bridgehead atoms. The third kappa shape index (κ3) is 1.79. The summed E-state index contributed by atoms with van der Waals surface area (Å²) in [7, 11) is 0. The number of aliphatic hydroxyl groups is 1. The molecule has 12 heavy (non-hydrogen) atoms. The molecule has 1 aromatic carbocycles. The first kappa shape index (κ1) is 10.4. The van der Waals surface area contributed by atoms with Gasteiger partial charge >= 0.3 is 0 Å². The summed E-state index contributed by atoms with van der Waals surface area (Å²) in [5.41, 5.74) is 6.64. The molecule has 0 unspecified atom stereocenters. The summed E-state index contributed by atoms with van der Waals surface area (Å²) in [6.45, 7) is -0.193. The van der Waals surface area contributed by atoms with E-state index < -0.39 is 0 Å². The molecule has 0 spiro atoms. The van der Waals surface area contributed by atoms with Crippen molar-refractivity contribution in [1.29, 1.82) is 0 Å². The minimum absolute atomic E-state index is 0.193. The molecular formula is C7H6Cl2INO. The van der Waals surface area contributed by atoms with Gasteiger partial charge in [-0.25, -0.2) is 0 Å². The molecule has 66 valence electrons. The second-order valence-corrected chi connectivity index (χ2v) is 4.15. The molecule has 0 saturated heterocycles. The molecular weight excluding hydrogens is 312 g/mol. The van der Waals surface area contributed by atoms with Gasteiger partial charge in [-0.15, -0.1) is 0 Å². The zero-order valence-corrected chi connectivity index (χ0v) is 9.61. The summed E-state index contributed by atoms with van der Waals surface area (Å²) in [5.74, 6) is 0. The highest BCUT2D eigenvalue weighted by molar-refractivity contribution is 14.1. The van der Waals surface area contributed by atoms with Crippen molar-refractivity contribution >= 4 is 51.5 Å². The summed E-state index contributed by atoms with van der Waals surface area (Å²) in [5, 5.41) is 9.67. The Morgan fingerprint density at radius 2 is 2.08 bits per heavy atom. The fourth-order valence-electron chi connectivity index (χ4n) is 0.813. The van der Waals surface area contributed by atoms with Gasteiger partial charge in [-0.05, 0) is 28.7 Å². The van der Waals surface area contributed by atoms with Crippen LogP contribution in [0.15, 0.2) is 6.07 Å². The van der Waals surface area contributed by atoms with E-state index in [2.05, 4.69) is 0 Å². The number of benzene rings is 1. The van der Waals surface area contributed by atoms with Crippen molar-refractivity contribution in [2.24, 2.45) is 0 Å². The molecule has 0 heterocycles. The Morgan fingerprint density at radius 3 is 2.58 bits per heavy atom. The third-order valence-electron chi connectivity index (χ3n) is 1.47. The summed E-state index contributed by atoms with van der Waals surface area (Å²) >= 11 is 13.6. The van der Waals surface area contributed by atoms with E-state index in [1.165, 1.54) is 0 Å². The van der Waals surface area contributed by atoms with E-state index in [-0.39, 0.29) is 6.61 Å². The van der Waals surface area contributed by atoms with Crippen LogP contribution < -0.4 is 5.73 Å². The summed E-state index contributed by atoms with van der Waals surface area (Å²) in [6, 6.07) is 1.67. The SMILES string of the molecule is Nc1c(I)cc(Cl)c(Cl)c1CO. The van der Waals surface area contributed by atoms with Gasteiger partial charge in [0.1, 0.15) is 0 Å². The van der Waals surface area contributed by atoms with E-state index in [0.717, 1.165) is 3.57 Å². The van der Waals surface area contributed by atoms with Crippen LogP contribution in [0.2, 0.25) is 10.0 Å². The average molecular weight is 318 g/mol. The average Bonchev–Trinajstić information content (AvgIpc) is 2.02. The number of anilines is 1. The van der Waals surface area contributed by atoms with E-state index in [1.807, 2.05) is 22.6 Å². The highest BCUT2D eigenvalue weighted by Crippen LogP contribution is 2.33. The Hall–Kier alpha value is 0.290. The number of halogens is 3. The van der Waals surface area contributed by atoms with Crippen LogP contribution in [0.3, 0.4) is 0 Å². The lowest BCUT2D eigenvalue weighted by Crippen LogP contribution is -1.98. The van der Waals surface area contributed by atoms with E-state index in [4.69, 9.17) is 34.0 Å².